The molecule has 0 aromatic rings. The fourth-order valence-electron chi connectivity index (χ4n) is 2.58. The van der Waals surface area contributed by atoms with Crippen LogP contribution in [0.2, 0.25) is 0 Å². The van der Waals surface area contributed by atoms with E-state index in [-0.39, 0.29) is 0 Å². The van der Waals surface area contributed by atoms with Gasteiger partial charge in [0.15, 0.2) is 0 Å². The van der Waals surface area contributed by atoms with Gasteiger partial charge in [0.25, 0.3) is 0 Å². The van der Waals surface area contributed by atoms with Gasteiger partial charge in [-0.3, -0.25) is 4.79 Å². The first kappa shape index (κ1) is 10.7. The number of allylic oxidation sites excluding steroid dienone is 2. The maximum absolute atomic E-state index is 11.7. The first-order chi connectivity index (χ1) is 7.36. The van der Waals surface area contributed by atoms with Crippen molar-refractivity contribution in [3.05, 3.63) is 12.2 Å². The summed E-state index contributed by atoms with van der Waals surface area (Å²) in [5.41, 5.74) is 0. The van der Waals surface area contributed by atoms with Crippen molar-refractivity contribution >= 4 is 5.91 Å². The molecule has 0 N–H and O–H groups in total. The zero-order valence-electron chi connectivity index (χ0n) is 9.45. The van der Waals surface area contributed by atoms with Gasteiger partial charge in [-0.15, -0.1) is 0 Å². The predicted octanol–water partition coefficient (Wildman–Crippen LogP) is 2.75. The summed E-state index contributed by atoms with van der Waals surface area (Å²) in [6.07, 6.45) is 12.5. The Bertz CT molecular complexity index is 233. The molecule has 2 heteroatoms. The quantitative estimate of drug-likeness (QED) is 0.649. The molecule has 0 atom stereocenters. The van der Waals surface area contributed by atoms with Gasteiger partial charge in [-0.1, -0.05) is 12.2 Å². The summed E-state index contributed by atoms with van der Waals surface area (Å²) < 4.78 is 0. The molecule has 1 saturated heterocycles. The van der Waals surface area contributed by atoms with E-state index in [9.17, 15) is 4.79 Å². The van der Waals surface area contributed by atoms with Crippen LogP contribution in [0, 0.1) is 5.92 Å². The second-order valence-corrected chi connectivity index (χ2v) is 4.79. The van der Waals surface area contributed by atoms with Crippen molar-refractivity contribution in [2.75, 3.05) is 13.1 Å². The van der Waals surface area contributed by atoms with Gasteiger partial charge in [0.1, 0.15) is 0 Å². The molecule has 0 spiro atoms. The molecule has 1 heterocycles. The Kier molecular flexibility index (Phi) is 3.81. The summed E-state index contributed by atoms with van der Waals surface area (Å²) in [6, 6.07) is 0. The largest absolute Gasteiger partial charge is 0.343 e. The van der Waals surface area contributed by atoms with Gasteiger partial charge in [0.2, 0.25) is 5.91 Å². The molecule has 15 heavy (non-hydrogen) atoms. The molecule has 1 aliphatic heterocycles. The molecular formula is C13H21NO. The molecule has 0 bridgehead atoms. The molecule has 0 unspecified atom stereocenters. The lowest BCUT2D eigenvalue weighted by Gasteiger charge is -2.15. The molecular weight excluding hydrogens is 186 g/mol. The Morgan fingerprint density at radius 3 is 2.53 bits per heavy atom. The van der Waals surface area contributed by atoms with Gasteiger partial charge in [-0.2, -0.15) is 0 Å². The molecule has 1 aliphatic carbocycles. The molecule has 1 amide bonds. The Morgan fingerprint density at radius 1 is 1.20 bits per heavy atom. The first-order valence-corrected chi connectivity index (χ1v) is 6.29. The predicted molar refractivity (Wildman–Crippen MR) is 61.5 cm³/mol. The second-order valence-electron chi connectivity index (χ2n) is 4.79. The molecule has 2 aliphatic rings. The fourth-order valence-corrected chi connectivity index (χ4v) is 2.58. The van der Waals surface area contributed by atoms with Crippen molar-refractivity contribution in [1.82, 2.24) is 4.90 Å². The maximum Gasteiger partial charge on any atom is 0.222 e. The van der Waals surface area contributed by atoms with Crippen molar-refractivity contribution in [3.63, 3.8) is 0 Å². The Labute approximate surface area is 92.3 Å². The molecule has 1 fully saturated rings. The highest BCUT2D eigenvalue weighted by Crippen LogP contribution is 2.23. The highest BCUT2D eigenvalue weighted by molar-refractivity contribution is 5.76. The monoisotopic (exact) mass is 207 g/mol. The van der Waals surface area contributed by atoms with Crippen LogP contribution in [-0.2, 0) is 4.79 Å². The van der Waals surface area contributed by atoms with Gasteiger partial charge in [0.05, 0.1) is 0 Å². The Balaban J connectivity index is 1.58. The summed E-state index contributed by atoms with van der Waals surface area (Å²) in [4.78, 5) is 13.8. The van der Waals surface area contributed by atoms with Crippen LogP contribution in [0.25, 0.3) is 0 Å². The van der Waals surface area contributed by atoms with E-state index >= 15 is 0 Å². The van der Waals surface area contributed by atoms with Crippen LogP contribution < -0.4 is 0 Å². The van der Waals surface area contributed by atoms with Crippen LogP contribution in [0.4, 0.5) is 0 Å². The zero-order valence-corrected chi connectivity index (χ0v) is 9.45. The molecule has 2 rings (SSSR count). The van der Waals surface area contributed by atoms with E-state index in [1.54, 1.807) is 0 Å². The highest BCUT2D eigenvalue weighted by atomic mass is 16.2. The smallest absolute Gasteiger partial charge is 0.222 e. The topological polar surface area (TPSA) is 20.3 Å². The lowest BCUT2D eigenvalue weighted by Crippen LogP contribution is -2.27. The summed E-state index contributed by atoms with van der Waals surface area (Å²) in [5.74, 6) is 1.22. The number of likely N-dealkylation sites (tertiary alicyclic amines) is 1. The van der Waals surface area contributed by atoms with E-state index in [2.05, 4.69) is 12.2 Å². The number of nitrogens with zero attached hydrogens (tertiary/aromatic N) is 1. The van der Waals surface area contributed by atoms with Gasteiger partial charge in [0, 0.05) is 19.5 Å². The van der Waals surface area contributed by atoms with Crippen molar-refractivity contribution < 1.29 is 4.79 Å². The number of hydrogen-bond acceptors (Lipinski definition) is 1. The third kappa shape index (κ3) is 3.08. The molecule has 0 aromatic heterocycles. The van der Waals surface area contributed by atoms with Crippen LogP contribution in [0.5, 0.6) is 0 Å². The Hall–Kier alpha value is -0.790. The summed E-state index contributed by atoms with van der Waals surface area (Å²) in [5, 5.41) is 0. The Morgan fingerprint density at radius 2 is 1.87 bits per heavy atom. The summed E-state index contributed by atoms with van der Waals surface area (Å²) in [7, 11) is 0. The summed E-state index contributed by atoms with van der Waals surface area (Å²) in [6.45, 7) is 2.01. The highest BCUT2D eigenvalue weighted by Gasteiger charge is 2.18. The van der Waals surface area contributed by atoms with Crippen LogP contribution in [0.3, 0.4) is 0 Å². The molecule has 2 nitrogen and oxygen atoms in total. The van der Waals surface area contributed by atoms with E-state index in [0.29, 0.717) is 5.91 Å². The minimum Gasteiger partial charge on any atom is -0.343 e. The normalized spacial score (nSPS) is 21.5. The van der Waals surface area contributed by atoms with Crippen LogP contribution in [0.15, 0.2) is 12.2 Å². The average Bonchev–Trinajstić information content (AvgIpc) is 2.90. The number of rotatable bonds is 4. The lowest BCUT2D eigenvalue weighted by molar-refractivity contribution is -0.130. The molecule has 84 valence electrons. The van der Waals surface area contributed by atoms with Crippen LogP contribution in [0.1, 0.15) is 44.9 Å². The number of amides is 1. The molecule has 0 aromatic carbocycles. The van der Waals surface area contributed by atoms with Crippen LogP contribution in [-0.4, -0.2) is 23.9 Å². The van der Waals surface area contributed by atoms with Gasteiger partial charge < -0.3 is 4.90 Å². The van der Waals surface area contributed by atoms with Crippen molar-refractivity contribution in [2.45, 2.75) is 44.9 Å². The SMILES string of the molecule is O=C(CCCC1CC=CC1)N1CCCC1. The van der Waals surface area contributed by atoms with Crippen molar-refractivity contribution in [3.8, 4) is 0 Å². The van der Waals surface area contributed by atoms with E-state index in [0.717, 1.165) is 31.8 Å². The van der Waals surface area contributed by atoms with Crippen LogP contribution >= 0.6 is 0 Å². The standard InChI is InChI=1S/C13H21NO/c15-13(14-10-3-4-11-14)9-5-8-12-6-1-2-7-12/h1-2,12H,3-11H2. The minimum atomic E-state index is 0.387. The van der Waals surface area contributed by atoms with Gasteiger partial charge in [-0.25, -0.2) is 0 Å². The number of carbonyl (C=O) groups is 1. The number of hydrogen-bond donors (Lipinski definition) is 0. The van der Waals surface area contributed by atoms with E-state index < -0.39 is 0 Å². The second kappa shape index (κ2) is 5.34. The summed E-state index contributed by atoms with van der Waals surface area (Å²) >= 11 is 0. The van der Waals surface area contributed by atoms with Gasteiger partial charge in [-0.05, 0) is 44.4 Å². The van der Waals surface area contributed by atoms with Crippen molar-refractivity contribution in [2.24, 2.45) is 5.92 Å². The third-order valence-corrected chi connectivity index (χ3v) is 3.57. The van der Waals surface area contributed by atoms with Gasteiger partial charge >= 0.3 is 0 Å². The molecule has 0 saturated carbocycles. The van der Waals surface area contributed by atoms with Crippen molar-refractivity contribution in [1.29, 1.82) is 0 Å². The first-order valence-electron chi connectivity index (χ1n) is 6.29. The van der Waals surface area contributed by atoms with E-state index in [1.165, 1.54) is 32.1 Å². The fraction of sp³-hybridized carbons (Fsp3) is 0.769. The maximum atomic E-state index is 11.7. The van der Waals surface area contributed by atoms with E-state index in [4.69, 9.17) is 0 Å². The third-order valence-electron chi connectivity index (χ3n) is 3.57. The average molecular weight is 207 g/mol. The lowest BCUT2D eigenvalue weighted by atomic mass is 10.00. The zero-order chi connectivity index (χ0) is 10.5. The minimum absolute atomic E-state index is 0.387. The van der Waals surface area contributed by atoms with E-state index in [1.807, 2.05) is 4.90 Å². The number of carbonyl (C=O) groups excluding carboxylic acids is 1. The molecule has 0 radical (unpaired) electrons.